The van der Waals surface area contributed by atoms with Crippen LogP contribution in [0.4, 0.5) is 5.69 Å². The first-order valence-electron chi connectivity index (χ1n) is 9.81. The Hall–Kier alpha value is -4.11. The number of hydrogen-bond donors (Lipinski definition) is 2. The third-order valence-electron chi connectivity index (χ3n) is 5.62. The molecule has 2 aliphatic heterocycles. The lowest BCUT2D eigenvalue weighted by molar-refractivity contribution is -0.142. The van der Waals surface area contributed by atoms with Gasteiger partial charge >= 0.3 is 11.6 Å². The average Bonchev–Trinajstić information content (AvgIpc) is 3.06. The van der Waals surface area contributed by atoms with Crippen molar-refractivity contribution in [3.63, 3.8) is 0 Å². The number of fused-ring (bicyclic) bond motifs is 6. The van der Waals surface area contributed by atoms with Crippen molar-refractivity contribution >= 4 is 28.5 Å². The van der Waals surface area contributed by atoms with Crippen LogP contribution in [0.25, 0.3) is 11.0 Å². The second-order valence-electron chi connectivity index (χ2n) is 7.31. The van der Waals surface area contributed by atoms with Gasteiger partial charge in [0, 0.05) is 18.4 Å². The number of para-hydroxylation sites is 2. The van der Waals surface area contributed by atoms with E-state index in [4.69, 9.17) is 24.4 Å². The normalized spacial score (nSPS) is 18.8. The van der Waals surface area contributed by atoms with E-state index in [1.165, 1.54) is 7.11 Å². The standard InChI is InChI=1S/C23H18N2O7/c1-29-10-11-30-20(26)17-19(24)32-18-12-6-2-5-9-15(12)31-21(27)16(18)23(17)13-7-3-4-8-14(13)25-22(23)28/h2-9H,10-11,24H2,1H3,(H,25,28)/t23-/m0/s1. The molecule has 32 heavy (non-hydrogen) atoms. The molecule has 2 aliphatic rings. The summed E-state index contributed by atoms with van der Waals surface area (Å²) in [5.41, 5.74) is 4.16. The molecule has 1 atom stereocenters. The van der Waals surface area contributed by atoms with Crippen molar-refractivity contribution in [3.05, 3.63) is 81.5 Å². The van der Waals surface area contributed by atoms with Crippen LogP contribution in [0.3, 0.4) is 0 Å². The van der Waals surface area contributed by atoms with Crippen molar-refractivity contribution in [2.75, 3.05) is 25.6 Å². The van der Waals surface area contributed by atoms with E-state index >= 15 is 0 Å². The van der Waals surface area contributed by atoms with Gasteiger partial charge in [-0.1, -0.05) is 30.3 Å². The molecular formula is C23H18N2O7. The van der Waals surface area contributed by atoms with Crippen LogP contribution in [0, 0.1) is 0 Å². The van der Waals surface area contributed by atoms with Crippen molar-refractivity contribution in [2.45, 2.75) is 5.41 Å². The van der Waals surface area contributed by atoms with E-state index in [1.807, 2.05) is 0 Å². The van der Waals surface area contributed by atoms with E-state index in [0.717, 1.165) is 0 Å². The molecule has 162 valence electrons. The van der Waals surface area contributed by atoms with Gasteiger partial charge in [0.25, 0.3) is 0 Å². The summed E-state index contributed by atoms with van der Waals surface area (Å²) in [5, 5.41) is 3.19. The van der Waals surface area contributed by atoms with Crippen molar-refractivity contribution in [1.29, 1.82) is 0 Å². The first-order chi connectivity index (χ1) is 15.5. The van der Waals surface area contributed by atoms with Gasteiger partial charge in [-0.3, -0.25) is 4.79 Å². The summed E-state index contributed by atoms with van der Waals surface area (Å²) in [7, 11) is 1.46. The Bertz CT molecular complexity index is 1370. The zero-order valence-corrected chi connectivity index (χ0v) is 17.0. The molecule has 0 saturated carbocycles. The second kappa shape index (κ2) is 7.24. The quantitative estimate of drug-likeness (QED) is 0.361. The minimum Gasteiger partial charge on any atom is -0.460 e. The zero-order valence-electron chi connectivity index (χ0n) is 17.0. The van der Waals surface area contributed by atoms with Gasteiger partial charge < -0.3 is 29.7 Å². The summed E-state index contributed by atoms with van der Waals surface area (Å²) >= 11 is 0. The first-order valence-corrected chi connectivity index (χ1v) is 9.81. The molecule has 0 fully saturated rings. The second-order valence-corrected chi connectivity index (χ2v) is 7.31. The number of carbonyl (C=O) groups excluding carboxylic acids is 2. The third kappa shape index (κ3) is 2.58. The molecule has 3 heterocycles. The van der Waals surface area contributed by atoms with Gasteiger partial charge in [0.1, 0.15) is 28.7 Å². The minimum atomic E-state index is -1.90. The van der Waals surface area contributed by atoms with Crippen LogP contribution in [-0.4, -0.2) is 32.2 Å². The lowest BCUT2D eigenvalue weighted by Crippen LogP contribution is -2.48. The molecule has 3 aromatic rings. The molecule has 0 radical (unpaired) electrons. The summed E-state index contributed by atoms with van der Waals surface area (Å²) in [6.45, 7) is 0.0591. The van der Waals surface area contributed by atoms with Crippen molar-refractivity contribution in [1.82, 2.24) is 0 Å². The number of nitrogens with two attached hydrogens (primary N) is 1. The van der Waals surface area contributed by atoms with Gasteiger partial charge in [0.2, 0.25) is 11.8 Å². The number of nitrogens with one attached hydrogen (secondary N) is 1. The van der Waals surface area contributed by atoms with Gasteiger partial charge in [-0.25, -0.2) is 9.59 Å². The van der Waals surface area contributed by atoms with Crippen molar-refractivity contribution < 1.29 is 28.2 Å². The van der Waals surface area contributed by atoms with Crippen LogP contribution < -0.4 is 21.4 Å². The predicted octanol–water partition coefficient (Wildman–Crippen LogP) is 1.78. The van der Waals surface area contributed by atoms with E-state index < -0.39 is 22.9 Å². The average molecular weight is 434 g/mol. The Morgan fingerprint density at radius 2 is 1.84 bits per heavy atom. The van der Waals surface area contributed by atoms with Crippen molar-refractivity contribution in [3.8, 4) is 5.75 Å². The molecule has 0 saturated heterocycles. The fourth-order valence-corrected chi connectivity index (χ4v) is 4.32. The monoisotopic (exact) mass is 434 g/mol. The van der Waals surface area contributed by atoms with Crippen LogP contribution in [0.2, 0.25) is 0 Å². The van der Waals surface area contributed by atoms with Crippen LogP contribution in [0.5, 0.6) is 5.75 Å². The fourth-order valence-electron chi connectivity index (χ4n) is 4.32. The number of carbonyl (C=O) groups is 2. The number of hydrogen-bond acceptors (Lipinski definition) is 8. The molecule has 0 aliphatic carbocycles. The highest BCUT2D eigenvalue weighted by Gasteiger charge is 2.60. The third-order valence-corrected chi connectivity index (χ3v) is 5.62. The van der Waals surface area contributed by atoms with Crippen LogP contribution in [0.1, 0.15) is 11.1 Å². The SMILES string of the molecule is COCCOC(=O)C1=C(N)Oc2c(c(=O)oc3ccccc23)[C@]12C(=O)Nc1ccccc12. The summed E-state index contributed by atoms with van der Waals surface area (Å²) in [6.07, 6.45) is 0. The Morgan fingerprint density at radius 3 is 2.66 bits per heavy atom. The highest BCUT2D eigenvalue weighted by molar-refractivity contribution is 6.18. The first kappa shape index (κ1) is 19.8. The topological polar surface area (TPSA) is 130 Å². The molecule has 2 aromatic carbocycles. The molecule has 0 unspecified atom stereocenters. The van der Waals surface area contributed by atoms with Crippen LogP contribution in [0.15, 0.2) is 69.2 Å². The number of esters is 1. The maximum absolute atomic E-state index is 13.6. The molecule has 9 nitrogen and oxygen atoms in total. The summed E-state index contributed by atoms with van der Waals surface area (Å²) < 4.78 is 21.5. The number of ether oxygens (including phenoxy) is 3. The molecule has 9 heteroatoms. The largest absolute Gasteiger partial charge is 0.460 e. The van der Waals surface area contributed by atoms with Crippen LogP contribution >= 0.6 is 0 Å². The lowest BCUT2D eigenvalue weighted by Gasteiger charge is -2.34. The Labute approximate surface area is 181 Å². The summed E-state index contributed by atoms with van der Waals surface area (Å²) in [5.74, 6) is -1.80. The number of rotatable bonds is 4. The van der Waals surface area contributed by atoms with E-state index in [-0.39, 0.29) is 41.6 Å². The van der Waals surface area contributed by atoms with Crippen molar-refractivity contribution in [2.24, 2.45) is 5.73 Å². The summed E-state index contributed by atoms with van der Waals surface area (Å²) in [6, 6.07) is 13.5. The Balaban J connectivity index is 1.86. The van der Waals surface area contributed by atoms with Gasteiger partial charge in [-0.2, -0.15) is 0 Å². The molecule has 5 rings (SSSR count). The molecule has 3 N–H and O–H groups in total. The maximum atomic E-state index is 13.6. The number of benzene rings is 2. The van der Waals surface area contributed by atoms with E-state index in [2.05, 4.69) is 5.32 Å². The molecule has 0 bridgehead atoms. The Morgan fingerprint density at radius 1 is 1.09 bits per heavy atom. The Kier molecular flexibility index (Phi) is 4.49. The predicted molar refractivity (Wildman–Crippen MR) is 113 cm³/mol. The van der Waals surface area contributed by atoms with Gasteiger partial charge in [0.15, 0.2) is 5.75 Å². The van der Waals surface area contributed by atoms with E-state index in [0.29, 0.717) is 16.6 Å². The minimum absolute atomic E-state index is 0.0645. The maximum Gasteiger partial charge on any atom is 0.345 e. The number of methoxy groups -OCH3 is 1. The summed E-state index contributed by atoms with van der Waals surface area (Å²) in [4.78, 5) is 40.0. The number of amides is 1. The van der Waals surface area contributed by atoms with Crippen LogP contribution in [-0.2, 0) is 24.5 Å². The molecule has 1 amide bonds. The number of anilines is 1. The molecule has 1 aromatic heterocycles. The van der Waals surface area contributed by atoms with Gasteiger partial charge in [-0.05, 0) is 18.2 Å². The van der Waals surface area contributed by atoms with E-state index in [1.54, 1.807) is 48.5 Å². The van der Waals surface area contributed by atoms with E-state index in [9.17, 15) is 14.4 Å². The zero-order chi connectivity index (χ0) is 22.5. The molecular weight excluding hydrogens is 416 g/mol. The molecule has 1 spiro atoms. The lowest BCUT2D eigenvalue weighted by atomic mass is 9.68. The van der Waals surface area contributed by atoms with Gasteiger partial charge in [0.05, 0.1) is 12.0 Å². The highest BCUT2D eigenvalue weighted by Crippen LogP contribution is 2.53. The fraction of sp³-hybridized carbons (Fsp3) is 0.174. The smallest absolute Gasteiger partial charge is 0.345 e. The highest BCUT2D eigenvalue weighted by atomic mass is 16.6. The van der Waals surface area contributed by atoms with Gasteiger partial charge in [-0.15, -0.1) is 0 Å².